The first-order valence-corrected chi connectivity index (χ1v) is 5.17. The highest BCUT2D eigenvalue weighted by atomic mass is 19.1. The van der Waals surface area contributed by atoms with E-state index in [2.05, 4.69) is 4.98 Å². The number of aromatic nitrogens is 2. The van der Waals surface area contributed by atoms with Crippen molar-refractivity contribution in [3.63, 3.8) is 0 Å². The standard InChI is InChI=1S/C12H13FN2O/c1-3-15-9(2)8-14-12(15)16-11-7-5-4-6-10(11)13/h4-8H,3H2,1-2H3. The molecule has 0 bridgehead atoms. The van der Waals surface area contributed by atoms with Gasteiger partial charge in [-0.15, -0.1) is 0 Å². The van der Waals surface area contributed by atoms with Gasteiger partial charge in [-0.2, -0.15) is 0 Å². The Morgan fingerprint density at radius 1 is 1.38 bits per heavy atom. The monoisotopic (exact) mass is 220 g/mol. The third-order valence-corrected chi connectivity index (χ3v) is 2.37. The van der Waals surface area contributed by atoms with Crippen molar-refractivity contribution in [1.82, 2.24) is 9.55 Å². The van der Waals surface area contributed by atoms with Crippen LogP contribution in [0.3, 0.4) is 0 Å². The van der Waals surface area contributed by atoms with Crippen LogP contribution in [0, 0.1) is 12.7 Å². The molecule has 0 fully saturated rings. The van der Waals surface area contributed by atoms with E-state index in [9.17, 15) is 4.39 Å². The number of halogens is 1. The third-order valence-electron chi connectivity index (χ3n) is 2.37. The molecule has 4 heteroatoms. The fourth-order valence-electron chi connectivity index (χ4n) is 1.53. The van der Waals surface area contributed by atoms with Crippen molar-refractivity contribution in [3.05, 3.63) is 42.0 Å². The lowest BCUT2D eigenvalue weighted by Crippen LogP contribution is -2.00. The van der Waals surface area contributed by atoms with Crippen molar-refractivity contribution in [2.75, 3.05) is 0 Å². The molecule has 0 N–H and O–H groups in total. The van der Waals surface area contributed by atoms with Crippen molar-refractivity contribution in [2.45, 2.75) is 20.4 Å². The fraction of sp³-hybridized carbons (Fsp3) is 0.250. The van der Waals surface area contributed by atoms with Crippen molar-refractivity contribution < 1.29 is 9.13 Å². The van der Waals surface area contributed by atoms with Crippen LogP contribution in [0.5, 0.6) is 11.8 Å². The van der Waals surface area contributed by atoms with E-state index in [1.54, 1.807) is 24.4 Å². The van der Waals surface area contributed by atoms with Crippen LogP contribution in [0.15, 0.2) is 30.5 Å². The summed E-state index contributed by atoms with van der Waals surface area (Å²) in [7, 11) is 0. The highest BCUT2D eigenvalue weighted by Crippen LogP contribution is 2.23. The van der Waals surface area contributed by atoms with E-state index < -0.39 is 0 Å². The average molecular weight is 220 g/mol. The van der Waals surface area contributed by atoms with Gasteiger partial charge in [0.25, 0.3) is 0 Å². The molecule has 0 radical (unpaired) electrons. The second kappa shape index (κ2) is 4.35. The Hall–Kier alpha value is -1.84. The molecule has 1 heterocycles. The zero-order chi connectivity index (χ0) is 11.5. The van der Waals surface area contributed by atoms with Crippen molar-refractivity contribution in [1.29, 1.82) is 0 Å². The van der Waals surface area contributed by atoms with Gasteiger partial charge in [0.05, 0.1) is 6.20 Å². The summed E-state index contributed by atoms with van der Waals surface area (Å²) in [6, 6.07) is 6.72. The van der Waals surface area contributed by atoms with Gasteiger partial charge in [-0.1, -0.05) is 12.1 Å². The summed E-state index contributed by atoms with van der Waals surface area (Å²) in [5.41, 5.74) is 0.994. The smallest absolute Gasteiger partial charge is 0.302 e. The maximum atomic E-state index is 13.4. The molecule has 16 heavy (non-hydrogen) atoms. The largest absolute Gasteiger partial charge is 0.422 e. The summed E-state index contributed by atoms with van der Waals surface area (Å²) >= 11 is 0. The number of benzene rings is 1. The molecular formula is C12H13FN2O. The molecule has 3 nitrogen and oxygen atoms in total. The topological polar surface area (TPSA) is 27.1 Å². The van der Waals surface area contributed by atoms with Gasteiger partial charge in [0.2, 0.25) is 0 Å². The van der Waals surface area contributed by atoms with Gasteiger partial charge < -0.3 is 4.74 Å². The third kappa shape index (κ3) is 1.91. The zero-order valence-electron chi connectivity index (χ0n) is 9.27. The first kappa shape index (κ1) is 10.7. The second-order valence-electron chi connectivity index (χ2n) is 3.46. The fourth-order valence-corrected chi connectivity index (χ4v) is 1.53. The van der Waals surface area contributed by atoms with Crippen LogP contribution < -0.4 is 4.74 Å². The summed E-state index contributed by atoms with van der Waals surface area (Å²) in [5, 5.41) is 0. The van der Waals surface area contributed by atoms with Crippen LogP contribution >= 0.6 is 0 Å². The molecule has 0 saturated carbocycles. The summed E-state index contributed by atoms with van der Waals surface area (Å²) in [6.07, 6.45) is 1.71. The molecule has 1 aromatic carbocycles. The highest BCUT2D eigenvalue weighted by molar-refractivity contribution is 5.27. The number of nitrogens with zero attached hydrogens (tertiary/aromatic N) is 2. The lowest BCUT2D eigenvalue weighted by Gasteiger charge is -2.08. The molecule has 2 rings (SSSR count). The maximum absolute atomic E-state index is 13.4. The quantitative estimate of drug-likeness (QED) is 0.794. The van der Waals surface area contributed by atoms with Crippen molar-refractivity contribution in [2.24, 2.45) is 0 Å². The number of hydrogen-bond acceptors (Lipinski definition) is 2. The number of aryl methyl sites for hydroxylation is 1. The van der Waals surface area contributed by atoms with E-state index >= 15 is 0 Å². The van der Waals surface area contributed by atoms with Crippen LogP contribution in [0.25, 0.3) is 0 Å². The van der Waals surface area contributed by atoms with E-state index in [1.807, 2.05) is 18.4 Å². The van der Waals surface area contributed by atoms with Gasteiger partial charge in [0.15, 0.2) is 11.6 Å². The normalized spacial score (nSPS) is 10.4. The van der Waals surface area contributed by atoms with Gasteiger partial charge >= 0.3 is 6.01 Å². The molecule has 0 saturated heterocycles. The Morgan fingerprint density at radius 3 is 2.81 bits per heavy atom. The highest BCUT2D eigenvalue weighted by Gasteiger charge is 2.09. The van der Waals surface area contributed by atoms with Crippen LogP contribution in [-0.2, 0) is 6.54 Å². The molecule has 0 aliphatic rings. The van der Waals surface area contributed by atoms with Gasteiger partial charge in [0.1, 0.15) is 0 Å². The van der Waals surface area contributed by atoms with E-state index in [0.29, 0.717) is 6.01 Å². The zero-order valence-corrected chi connectivity index (χ0v) is 9.27. The molecule has 0 atom stereocenters. The Bertz CT molecular complexity index is 494. The van der Waals surface area contributed by atoms with E-state index in [-0.39, 0.29) is 11.6 Å². The minimum Gasteiger partial charge on any atom is -0.422 e. The van der Waals surface area contributed by atoms with E-state index in [1.165, 1.54) is 6.07 Å². The Morgan fingerprint density at radius 2 is 2.12 bits per heavy atom. The molecule has 0 unspecified atom stereocenters. The van der Waals surface area contributed by atoms with Crippen LogP contribution in [0.1, 0.15) is 12.6 Å². The molecule has 0 spiro atoms. The summed E-state index contributed by atoms with van der Waals surface area (Å²) in [5.74, 6) is -0.186. The second-order valence-corrected chi connectivity index (χ2v) is 3.46. The van der Waals surface area contributed by atoms with Gasteiger partial charge in [-0.3, -0.25) is 4.57 Å². The lowest BCUT2D eigenvalue weighted by atomic mass is 10.3. The van der Waals surface area contributed by atoms with Crippen LogP contribution in [-0.4, -0.2) is 9.55 Å². The summed E-state index contributed by atoms with van der Waals surface area (Å²) in [6.45, 7) is 4.67. The minimum atomic E-state index is -0.384. The molecule has 2 aromatic rings. The molecule has 84 valence electrons. The summed E-state index contributed by atoms with van der Waals surface area (Å²) in [4.78, 5) is 4.10. The predicted octanol–water partition coefficient (Wildman–Crippen LogP) is 3.14. The number of imidazole rings is 1. The molecule has 0 aliphatic heterocycles. The number of para-hydroxylation sites is 1. The lowest BCUT2D eigenvalue weighted by molar-refractivity contribution is 0.389. The van der Waals surface area contributed by atoms with Gasteiger partial charge in [-0.25, -0.2) is 9.37 Å². The van der Waals surface area contributed by atoms with Crippen molar-refractivity contribution >= 4 is 0 Å². The SMILES string of the molecule is CCn1c(C)cnc1Oc1ccccc1F. The Balaban J connectivity index is 2.31. The van der Waals surface area contributed by atoms with E-state index in [4.69, 9.17) is 4.74 Å². The molecule has 1 aromatic heterocycles. The van der Waals surface area contributed by atoms with Gasteiger partial charge in [0, 0.05) is 12.2 Å². The number of ether oxygens (including phenoxy) is 1. The van der Waals surface area contributed by atoms with Gasteiger partial charge in [-0.05, 0) is 26.0 Å². The minimum absolute atomic E-state index is 0.197. The maximum Gasteiger partial charge on any atom is 0.302 e. The van der Waals surface area contributed by atoms with Crippen LogP contribution in [0.4, 0.5) is 4.39 Å². The predicted molar refractivity (Wildman–Crippen MR) is 59.1 cm³/mol. The van der Waals surface area contributed by atoms with E-state index in [0.717, 1.165) is 12.2 Å². The molecule has 0 amide bonds. The Kier molecular flexibility index (Phi) is 2.90. The summed E-state index contributed by atoms with van der Waals surface area (Å²) < 4.78 is 20.7. The average Bonchev–Trinajstić information content (AvgIpc) is 2.63. The first-order chi connectivity index (χ1) is 7.72. The van der Waals surface area contributed by atoms with Crippen molar-refractivity contribution in [3.8, 4) is 11.8 Å². The Labute approximate surface area is 93.5 Å². The molecular weight excluding hydrogens is 207 g/mol. The first-order valence-electron chi connectivity index (χ1n) is 5.17. The van der Waals surface area contributed by atoms with Crippen LogP contribution in [0.2, 0.25) is 0 Å². The number of hydrogen-bond donors (Lipinski definition) is 0. The molecule has 0 aliphatic carbocycles. The number of rotatable bonds is 3.